The lowest BCUT2D eigenvalue weighted by molar-refractivity contribution is -0.117. The number of nitrogens with zero attached hydrogens (tertiary/aromatic N) is 1. The minimum Gasteiger partial charge on any atom is -0.326 e. The topological polar surface area (TPSA) is 42.0 Å². The fraction of sp³-hybridized carbons (Fsp3) is 0.294. The van der Waals surface area contributed by atoms with Crippen LogP contribution >= 0.6 is 0 Å². The molecule has 1 fully saturated rings. The third-order valence-electron chi connectivity index (χ3n) is 3.59. The number of amides is 1. The van der Waals surface area contributed by atoms with Gasteiger partial charge >= 0.3 is 0 Å². The van der Waals surface area contributed by atoms with Crippen molar-refractivity contribution in [2.45, 2.75) is 25.7 Å². The number of carbonyl (C=O) groups is 1. The molecule has 0 unspecified atom stereocenters. The number of pyridine rings is 1. The predicted octanol–water partition coefficient (Wildman–Crippen LogP) is 3.22. The molecule has 0 atom stereocenters. The van der Waals surface area contributed by atoms with Crippen molar-refractivity contribution >= 4 is 11.6 Å². The van der Waals surface area contributed by atoms with E-state index < -0.39 is 0 Å². The summed E-state index contributed by atoms with van der Waals surface area (Å²) in [5.74, 6) is 0.409. The Bertz CT molecular complexity index is 591. The zero-order chi connectivity index (χ0) is 13.8. The standard InChI is InChI=1S/C17H18N2O/c20-17(15-6-7-15)19-16-3-1-2-14(12-16)5-4-13-8-10-18-11-9-13/h1-3,8-12,15H,4-7H2,(H,19,20). The maximum Gasteiger partial charge on any atom is 0.227 e. The number of nitrogens with one attached hydrogen (secondary N) is 1. The van der Waals surface area contributed by atoms with E-state index in [-0.39, 0.29) is 11.8 Å². The zero-order valence-electron chi connectivity index (χ0n) is 11.4. The van der Waals surface area contributed by atoms with Gasteiger partial charge in [0.05, 0.1) is 0 Å². The molecule has 0 spiro atoms. The molecule has 0 radical (unpaired) electrons. The van der Waals surface area contributed by atoms with Gasteiger partial charge in [-0.2, -0.15) is 0 Å². The van der Waals surface area contributed by atoms with E-state index in [1.807, 2.05) is 36.7 Å². The zero-order valence-corrected chi connectivity index (χ0v) is 11.4. The van der Waals surface area contributed by atoms with Gasteiger partial charge in [-0.1, -0.05) is 12.1 Å². The number of benzene rings is 1. The molecule has 1 heterocycles. The van der Waals surface area contributed by atoms with Gasteiger partial charge in [-0.15, -0.1) is 0 Å². The summed E-state index contributed by atoms with van der Waals surface area (Å²) in [5.41, 5.74) is 3.44. The van der Waals surface area contributed by atoms with Crippen molar-refractivity contribution in [3.05, 3.63) is 59.9 Å². The predicted molar refractivity (Wildman–Crippen MR) is 79.4 cm³/mol. The second-order valence-corrected chi connectivity index (χ2v) is 5.32. The molecule has 20 heavy (non-hydrogen) atoms. The summed E-state index contributed by atoms with van der Waals surface area (Å²) in [7, 11) is 0. The van der Waals surface area contributed by atoms with Gasteiger partial charge in [-0.25, -0.2) is 0 Å². The quantitative estimate of drug-likeness (QED) is 0.903. The summed E-state index contributed by atoms with van der Waals surface area (Å²) in [5, 5.41) is 2.99. The Morgan fingerprint density at radius 2 is 1.85 bits per heavy atom. The molecule has 1 amide bonds. The average molecular weight is 266 g/mol. The minimum atomic E-state index is 0.163. The van der Waals surface area contributed by atoms with Crippen LogP contribution in [0.15, 0.2) is 48.8 Å². The van der Waals surface area contributed by atoms with Gasteiger partial charge in [0.15, 0.2) is 0 Å². The van der Waals surface area contributed by atoms with E-state index in [0.717, 1.165) is 31.4 Å². The lowest BCUT2D eigenvalue weighted by Crippen LogP contribution is -2.13. The molecule has 1 saturated carbocycles. The first-order valence-electron chi connectivity index (χ1n) is 7.10. The lowest BCUT2D eigenvalue weighted by Gasteiger charge is -2.07. The number of anilines is 1. The van der Waals surface area contributed by atoms with Gasteiger partial charge in [0.2, 0.25) is 5.91 Å². The van der Waals surface area contributed by atoms with Crippen molar-refractivity contribution in [3.63, 3.8) is 0 Å². The molecule has 1 aromatic heterocycles. The summed E-state index contributed by atoms with van der Waals surface area (Å²) < 4.78 is 0. The first-order valence-corrected chi connectivity index (χ1v) is 7.10. The van der Waals surface area contributed by atoms with Crippen LogP contribution in [0.4, 0.5) is 5.69 Å². The average Bonchev–Trinajstić information content (AvgIpc) is 3.31. The van der Waals surface area contributed by atoms with E-state index in [4.69, 9.17) is 0 Å². The van der Waals surface area contributed by atoms with Crippen LogP contribution in [-0.4, -0.2) is 10.9 Å². The Labute approximate surface area is 119 Å². The molecule has 1 aliphatic rings. The summed E-state index contributed by atoms with van der Waals surface area (Å²) in [6.07, 6.45) is 7.67. The highest BCUT2D eigenvalue weighted by atomic mass is 16.2. The molecule has 1 aliphatic carbocycles. The molecule has 102 valence electrons. The Morgan fingerprint density at radius 3 is 2.60 bits per heavy atom. The van der Waals surface area contributed by atoms with Crippen LogP contribution in [0.1, 0.15) is 24.0 Å². The smallest absolute Gasteiger partial charge is 0.227 e. The molecule has 2 aromatic rings. The van der Waals surface area contributed by atoms with Gasteiger partial charge in [-0.3, -0.25) is 9.78 Å². The molecule has 3 nitrogen and oxygen atoms in total. The monoisotopic (exact) mass is 266 g/mol. The Balaban J connectivity index is 1.60. The third-order valence-corrected chi connectivity index (χ3v) is 3.59. The SMILES string of the molecule is O=C(Nc1cccc(CCc2ccncc2)c1)C1CC1. The van der Waals surface area contributed by atoms with Crippen molar-refractivity contribution in [3.8, 4) is 0 Å². The molecular formula is C17H18N2O. The summed E-state index contributed by atoms with van der Waals surface area (Å²) >= 11 is 0. The maximum atomic E-state index is 11.7. The number of rotatable bonds is 5. The van der Waals surface area contributed by atoms with Gasteiger partial charge in [0.25, 0.3) is 0 Å². The number of aryl methyl sites for hydroxylation is 2. The van der Waals surface area contributed by atoms with E-state index in [0.29, 0.717) is 0 Å². The van der Waals surface area contributed by atoms with Crippen molar-refractivity contribution < 1.29 is 4.79 Å². The number of hydrogen-bond donors (Lipinski definition) is 1. The highest BCUT2D eigenvalue weighted by Gasteiger charge is 2.29. The van der Waals surface area contributed by atoms with Crippen LogP contribution in [0.3, 0.4) is 0 Å². The van der Waals surface area contributed by atoms with Crippen LogP contribution in [0, 0.1) is 5.92 Å². The van der Waals surface area contributed by atoms with Crippen LogP contribution in [0.25, 0.3) is 0 Å². The second kappa shape index (κ2) is 5.87. The second-order valence-electron chi connectivity index (χ2n) is 5.32. The Kier molecular flexibility index (Phi) is 3.77. The van der Waals surface area contributed by atoms with Crippen molar-refractivity contribution in [1.29, 1.82) is 0 Å². The van der Waals surface area contributed by atoms with Gasteiger partial charge in [0.1, 0.15) is 0 Å². The first-order chi connectivity index (χ1) is 9.81. The van der Waals surface area contributed by atoms with Gasteiger partial charge in [0, 0.05) is 24.0 Å². The molecule has 0 saturated heterocycles. The fourth-order valence-corrected chi connectivity index (χ4v) is 2.23. The highest BCUT2D eigenvalue weighted by Crippen LogP contribution is 2.30. The number of carbonyl (C=O) groups excluding carboxylic acids is 1. The van der Waals surface area contributed by atoms with Crippen LogP contribution in [-0.2, 0) is 17.6 Å². The molecule has 3 rings (SSSR count). The Hall–Kier alpha value is -2.16. The van der Waals surface area contributed by atoms with E-state index in [1.165, 1.54) is 11.1 Å². The van der Waals surface area contributed by atoms with Gasteiger partial charge in [-0.05, 0) is 61.1 Å². The van der Waals surface area contributed by atoms with Crippen LogP contribution in [0.5, 0.6) is 0 Å². The number of hydrogen-bond acceptors (Lipinski definition) is 2. The third kappa shape index (κ3) is 3.44. The molecule has 0 aliphatic heterocycles. The van der Waals surface area contributed by atoms with Crippen molar-refractivity contribution in [2.75, 3.05) is 5.32 Å². The summed E-state index contributed by atoms with van der Waals surface area (Å²) in [6.45, 7) is 0. The minimum absolute atomic E-state index is 0.163. The van der Waals surface area contributed by atoms with Crippen molar-refractivity contribution in [1.82, 2.24) is 4.98 Å². The first kappa shape index (κ1) is 12.9. The lowest BCUT2D eigenvalue weighted by atomic mass is 10.0. The highest BCUT2D eigenvalue weighted by molar-refractivity contribution is 5.94. The van der Waals surface area contributed by atoms with Gasteiger partial charge < -0.3 is 5.32 Å². The normalized spacial score (nSPS) is 14.0. The molecule has 1 aromatic carbocycles. The van der Waals surface area contributed by atoms with E-state index in [9.17, 15) is 4.79 Å². The number of aromatic nitrogens is 1. The van der Waals surface area contributed by atoms with E-state index in [1.54, 1.807) is 0 Å². The van der Waals surface area contributed by atoms with Crippen molar-refractivity contribution in [2.24, 2.45) is 5.92 Å². The van der Waals surface area contributed by atoms with E-state index >= 15 is 0 Å². The summed E-state index contributed by atoms with van der Waals surface area (Å²) in [6, 6.07) is 12.2. The largest absolute Gasteiger partial charge is 0.326 e. The molecule has 0 bridgehead atoms. The van der Waals surface area contributed by atoms with E-state index in [2.05, 4.69) is 22.4 Å². The molecule has 3 heteroatoms. The fourth-order valence-electron chi connectivity index (χ4n) is 2.23. The van der Waals surface area contributed by atoms with Crippen LogP contribution < -0.4 is 5.32 Å². The molecule has 1 N–H and O–H groups in total. The Morgan fingerprint density at radius 1 is 1.10 bits per heavy atom. The summed E-state index contributed by atoms with van der Waals surface area (Å²) in [4.78, 5) is 15.8. The maximum absolute atomic E-state index is 11.7. The van der Waals surface area contributed by atoms with Crippen LogP contribution in [0.2, 0.25) is 0 Å². The molecular weight excluding hydrogens is 248 g/mol.